The van der Waals surface area contributed by atoms with Crippen LogP contribution in [0.1, 0.15) is 26.3 Å². The molecular weight excluding hydrogens is 513 g/mol. The van der Waals surface area contributed by atoms with Gasteiger partial charge in [0.15, 0.2) is 28.2 Å². The Morgan fingerprint density at radius 1 is 0.815 bits per heavy atom. The molecule has 2 aromatic carbocycles. The van der Waals surface area contributed by atoms with Gasteiger partial charge in [0.05, 0.1) is 0 Å². The Bertz CT molecular complexity index is 896. The topological polar surface area (TPSA) is 43.4 Å². The minimum atomic E-state index is -5.68. The lowest BCUT2D eigenvalue weighted by Gasteiger charge is -2.18. The third-order valence-corrected chi connectivity index (χ3v) is 4.96. The maximum atomic E-state index is 12.7. The predicted molar refractivity (Wildman–Crippen MR) is 93.5 cm³/mol. The van der Waals surface area contributed by atoms with Crippen molar-refractivity contribution in [1.82, 2.24) is 0 Å². The standard InChI is InChI=1S/C10H13I.C6F6O3S/c1-10(2,3)8-4-6-9(11)7-5-8;7-1-2(8)4(10)6(5(11)3(1)9)16(13,14)15-12/h4-7H,1-3H3;. The van der Waals surface area contributed by atoms with Crippen LogP contribution in [-0.2, 0) is 19.9 Å². The van der Waals surface area contributed by atoms with Crippen molar-refractivity contribution in [1.29, 1.82) is 0 Å². The molecule has 0 radical (unpaired) electrons. The molecule has 0 aliphatic heterocycles. The fraction of sp³-hybridized carbons (Fsp3) is 0.250. The lowest BCUT2D eigenvalue weighted by molar-refractivity contribution is 0.00196. The average Bonchev–Trinajstić information content (AvgIpc) is 2.58. The molecule has 11 heteroatoms. The molecule has 0 spiro atoms. The zero-order valence-electron chi connectivity index (χ0n) is 14.1. The van der Waals surface area contributed by atoms with Crippen molar-refractivity contribution in [3.8, 4) is 0 Å². The lowest BCUT2D eigenvalue weighted by Crippen LogP contribution is -2.12. The first kappa shape index (κ1) is 23.7. The van der Waals surface area contributed by atoms with Gasteiger partial charge >= 0.3 is 10.1 Å². The van der Waals surface area contributed by atoms with E-state index in [0.717, 1.165) is 0 Å². The molecule has 0 aliphatic carbocycles. The SMILES string of the molecule is CC(C)(C)c1ccc(I)cc1.O=S(=O)(OF)c1c(F)c(F)c(F)c(F)c1F. The van der Waals surface area contributed by atoms with Crippen molar-refractivity contribution < 1.29 is 39.3 Å². The fourth-order valence-corrected chi connectivity index (χ4v) is 2.83. The summed E-state index contributed by atoms with van der Waals surface area (Å²) in [5.74, 6) is -13.0. The van der Waals surface area contributed by atoms with E-state index in [-0.39, 0.29) is 5.41 Å². The second kappa shape index (κ2) is 8.78. The Hall–Kier alpha value is -1.34. The lowest BCUT2D eigenvalue weighted by atomic mass is 9.87. The third kappa shape index (κ3) is 5.57. The molecule has 0 heterocycles. The van der Waals surface area contributed by atoms with E-state index in [0.29, 0.717) is 0 Å². The maximum Gasteiger partial charge on any atom is 0.333 e. The van der Waals surface area contributed by atoms with Gasteiger partial charge < -0.3 is 0 Å². The first-order chi connectivity index (χ1) is 12.2. The zero-order valence-corrected chi connectivity index (χ0v) is 17.1. The van der Waals surface area contributed by atoms with Crippen LogP contribution in [0.4, 0.5) is 26.5 Å². The first-order valence-electron chi connectivity index (χ1n) is 7.06. The van der Waals surface area contributed by atoms with Crippen LogP contribution >= 0.6 is 22.6 Å². The van der Waals surface area contributed by atoms with Gasteiger partial charge in [-0.25, -0.2) is 22.0 Å². The Morgan fingerprint density at radius 3 is 1.52 bits per heavy atom. The van der Waals surface area contributed by atoms with E-state index >= 15 is 0 Å². The second-order valence-corrected chi connectivity index (χ2v) is 8.86. The van der Waals surface area contributed by atoms with Crippen LogP contribution in [0.3, 0.4) is 0 Å². The van der Waals surface area contributed by atoms with Gasteiger partial charge in [-0.05, 0) is 50.2 Å². The summed E-state index contributed by atoms with van der Waals surface area (Å²) in [5.41, 5.74) is 1.68. The number of hydrogen-bond acceptors (Lipinski definition) is 3. The summed E-state index contributed by atoms with van der Waals surface area (Å²) in [4.78, 5) is -2.38. The van der Waals surface area contributed by atoms with E-state index < -0.39 is 44.1 Å². The van der Waals surface area contributed by atoms with Gasteiger partial charge in [-0.1, -0.05) is 37.3 Å². The molecule has 3 nitrogen and oxygen atoms in total. The molecular formula is C16H13F6IO3S. The molecule has 0 unspecified atom stereocenters. The molecule has 0 bridgehead atoms. The van der Waals surface area contributed by atoms with Gasteiger partial charge in [0.25, 0.3) is 0 Å². The van der Waals surface area contributed by atoms with Gasteiger partial charge in [-0.15, -0.1) is 0 Å². The molecule has 0 saturated carbocycles. The van der Waals surface area contributed by atoms with E-state index in [9.17, 15) is 34.9 Å². The van der Waals surface area contributed by atoms with Crippen molar-refractivity contribution in [2.24, 2.45) is 0 Å². The smallest absolute Gasteiger partial charge is 0.202 e. The molecule has 0 atom stereocenters. The summed E-state index contributed by atoms with van der Waals surface area (Å²) in [5, 5.41) is 0. The third-order valence-electron chi connectivity index (χ3n) is 3.21. The Morgan fingerprint density at radius 2 is 1.19 bits per heavy atom. The van der Waals surface area contributed by atoms with Crippen LogP contribution in [0.25, 0.3) is 0 Å². The molecule has 2 rings (SSSR count). The monoisotopic (exact) mass is 526 g/mol. The Balaban J connectivity index is 0.000000289. The minimum absolute atomic E-state index is 0.282. The minimum Gasteiger partial charge on any atom is -0.202 e. The summed E-state index contributed by atoms with van der Waals surface area (Å²) < 4.78 is 98.8. The molecule has 0 amide bonds. The molecule has 0 N–H and O–H groups in total. The highest BCUT2D eigenvalue weighted by molar-refractivity contribution is 14.1. The Labute approximate surface area is 165 Å². The molecule has 0 aliphatic rings. The van der Waals surface area contributed by atoms with Gasteiger partial charge in [-0.3, -0.25) is 0 Å². The summed E-state index contributed by atoms with van der Waals surface area (Å²) in [6.07, 6.45) is 0. The zero-order chi connectivity index (χ0) is 21.2. The van der Waals surface area contributed by atoms with Crippen LogP contribution in [0, 0.1) is 32.7 Å². The summed E-state index contributed by atoms with van der Waals surface area (Å²) in [6, 6.07) is 8.70. The van der Waals surface area contributed by atoms with E-state index in [1.807, 2.05) is 0 Å². The van der Waals surface area contributed by atoms with Gasteiger partial charge in [0.1, 0.15) is 0 Å². The van der Waals surface area contributed by atoms with Gasteiger partial charge in [0.2, 0.25) is 5.82 Å². The van der Waals surface area contributed by atoms with Crippen molar-refractivity contribution in [2.75, 3.05) is 0 Å². The van der Waals surface area contributed by atoms with Crippen LogP contribution in [0.15, 0.2) is 29.2 Å². The second-order valence-electron chi connectivity index (χ2n) is 6.17. The molecule has 0 fully saturated rings. The van der Waals surface area contributed by atoms with E-state index in [1.165, 1.54) is 9.13 Å². The number of rotatable bonds is 2. The Kier molecular flexibility index (Phi) is 7.70. The number of benzene rings is 2. The molecule has 0 saturated heterocycles. The first-order valence-corrected chi connectivity index (χ1v) is 9.55. The van der Waals surface area contributed by atoms with Gasteiger partial charge in [-0.2, -0.15) is 8.42 Å². The van der Waals surface area contributed by atoms with Crippen molar-refractivity contribution >= 4 is 32.7 Å². The largest absolute Gasteiger partial charge is 0.333 e. The summed E-state index contributed by atoms with van der Waals surface area (Å²) >= 11 is 2.32. The summed E-state index contributed by atoms with van der Waals surface area (Å²) in [7, 11) is -5.68. The highest BCUT2D eigenvalue weighted by atomic mass is 127. The summed E-state index contributed by atoms with van der Waals surface area (Å²) in [6.45, 7) is 6.69. The van der Waals surface area contributed by atoms with Crippen LogP contribution in [0.2, 0.25) is 0 Å². The predicted octanol–water partition coefficient (Wildman–Crippen LogP) is 5.56. The molecule has 150 valence electrons. The average molecular weight is 526 g/mol. The highest BCUT2D eigenvalue weighted by Crippen LogP contribution is 2.27. The number of halogens is 7. The van der Waals surface area contributed by atoms with Crippen molar-refractivity contribution in [3.63, 3.8) is 0 Å². The fourth-order valence-electron chi connectivity index (χ4n) is 1.79. The van der Waals surface area contributed by atoms with E-state index in [2.05, 4.69) is 72.0 Å². The van der Waals surface area contributed by atoms with Crippen LogP contribution < -0.4 is 0 Å². The maximum absolute atomic E-state index is 12.7. The number of hydrogen-bond donors (Lipinski definition) is 0. The molecule has 2 aromatic rings. The highest BCUT2D eigenvalue weighted by Gasteiger charge is 2.34. The normalized spacial score (nSPS) is 11.8. The van der Waals surface area contributed by atoms with E-state index in [4.69, 9.17) is 0 Å². The molecule has 0 aromatic heterocycles. The van der Waals surface area contributed by atoms with Crippen LogP contribution in [0.5, 0.6) is 0 Å². The van der Waals surface area contributed by atoms with Crippen LogP contribution in [-0.4, -0.2) is 8.42 Å². The van der Waals surface area contributed by atoms with Crippen molar-refractivity contribution in [3.05, 3.63) is 62.5 Å². The van der Waals surface area contributed by atoms with Crippen molar-refractivity contribution in [2.45, 2.75) is 31.1 Å². The van der Waals surface area contributed by atoms with E-state index in [1.54, 1.807) is 0 Å². The quantitative estimate of drug-likeness (QED) is 0.223. The molecule has 27 heavy (non-hydrogen) atoms. The van der Waals surface area contributed by atoms with Gasteiger partial charge in [0, 0.05) is 3.57 Å².